The number of hydrogen-bond donors (Lipinski definition) is 1. The lowest BCUT2D eigenvalue weighted by molar-refractivity contribution is -0.0306. The van der Waals surface area contributed by atoms with Crippen molar-refractivity contribution >= 4 is 11.6 Å². The molecule has 19 heavy (non-hydrogen) atoms. The van der Waals surface area contributed by atoms with Gasteiger partial charge in [-0.2, -0.15) is 0 Å². The molecule has 5 heteroatoms. The summed E-state index contributed by atoms with van der Waals surface area (Å²) in [5.74, 6) is 0.273. The molecule has 0 saturated heterocycles. The minimum atomic E-state index is -0.242. The van der Waals surface area contributed by atoms with Crippen molar-refractivity contribution in [2.45, 2.75) is 31.4 Å². The molecule has 0 radical (unpaired) electrons. The Hall–Kier alpha value is -1.62. The van der Waals surface area contributed by atoms with E-state index in [0.29, 0.717) is 12.5 Å². The van der Waals surface area contributed by atoms with Gasteiger partial charge in [0.25, 0.3) is 0 Å². The largest absolute Gasteiger partial charge is 0.378 e. The first-order valence-corrected chi connectivity index (χ1v) is 6.62. The number of hydrogen-bond acceptors (Lipinski definition) is 4. The highest BCUT2D eigenvalue weighted by Crippen LogP contribution is 2.44. The van der Waals surface area contributed by atoms with Crippen LogP contribution in [0, 0.1) is 5.82 Å². The fraction of sp³-hybridized carbons (Fsp3) is 0.500. The summed E-state index contributed by atoms with van der Waals surface area (Å²) in [7, 11) is 0. The molecule has 1 spiro atoms. The predicted octanol–water partition coefficient (Wildman–Crippen LogP) is 1.90. The number of aliphatic imine (C=N–C) groups is 1. The zero-order valence-corrected chi connectivity index (χ0v) is 11.0. The van der Waals surface area contributed by atoms with Gasteiger partial charge in [0.15, 0.2) is 5.96 Å². The van der Waals surface area contributed by atoms with Crippen molar-refractivity contribution in [2.75, 3.05) is 18.1 Å². The highest BCUT2D eigenvalue weighted by molar-refractivity contribution is 5.98. The third kappa shape index (κ3) is 1.98. The quantitative estimate of drug-likeness (QED) is 0.906. The van der Waals surface area contributed by atoms with E-state index in [0.717, 1.165) is 25.1 Å². The number of nitrogens with zero attached hydrogens (tertiary/aromatic N) is 2. The van der Waals surface area contributed by atoms with Gasteiger partial charge in [-0.1, -0.05) is 0 Å². The van der Waals surface area contributed by atoms with E-state index >= 15 is 0 Å². The third-order valence-electron chi connectivity index (χ3n) is 3.94. The molecule has 102 valence electrons. The Morgan fingerprint density at radius 3 is 2.74 bits per heavy atom. The van der Waals surface area contributed by atoms with E-state index in [1.807, 2.05) is 11.8 Å². The van der Waals surface area contributed by atoms with Crippen molar-refractivity contribution in [2.24, 2.45) is 10.7 Å². The summed E-state index contributed by atoms with van der Waals surface area (Å²) in [6, 6.07) is 6.40. The monoisotopic (exact) mass is 263 g/mol. The third-order valence-corrected chi connectivity index (χ3v) is 3.94. The summed E-state index contributed by atoms with van der Waals surface area (Å²) in [5.41, 5.74) is 6.83. The van der Waals surface area contributed by atoms with Gasteiger partial charge < -0.3 is 15.4 Å². The highest BCUT2D eigenvalue weighted by atomic mass is 19.1. The number of halogens is 1. The maximum absolute atomic E-state index is 13.0. The van der Waals surface area contributed by atoms with Gasteiger partial charge in [-0.3, -0.25) is 4.99 Å². The summed E-state index contributed by atoms with van der Waals surface area (Å²) >= 11 is 0. The van der Waals surface area contributed by atoms with Crippen LogP contribution in [0.5, 0.6) is 0 Å². The van der Waals surface area contributed by atoms with Gasteiger partial charge in [-0.05, 0) is 44.0 Å². The molecule has 3 rings (SSSR count). The molecule has 1 aromatic rings. The molecule has 0 aromatic heterocycles. The zero-order valence-electron chi connectivity index (χ0n) is 11.0. The average molecular weight is 263 g/mol. The first-order chi connectivity index (χ1) is 9.14. The summed E-state index contributed by atoms with van der Waals surface area (Å²) in [5, 5.41) is 0. The molecule has 1 aliphatic carbocycles. The maximum Gasteiger partial charge on any atom is 0.196 e. The van der Waals surface area contributed by atoms with Gasteiger partial charge in [-0.15, -0.1) is 0 Å². The smallest absolute Gasteiger partial charge is 0.196 e. The van der Waals surface area contributed by atoms with Crippen molar-refractivity contribution in [3.8, 4) is 0 Å². The summed E-state index contributed by atoms with van der Waals surface area (Å²) in [6.07, 6.45) is 2.12. The number of ether oxygens (including phenoxy) is 1. The highest BCUT2D eigenvalue weighted by Gasteiger charge is 2.53. The van der Waals surface area contributed by atoms with Crippen molar-refractivity contribution < 1.29 is 9.13 Å². The van der Waals surface area contributed by atoms with Crippen LogP contribution < -0.4 is 10.6 Å². The maximum atomic E-state index is 13.0. The Morgan fingerprint density at radius 1 is 1.42 bits per heavy atom. The molecule has 1 saturated carbocycles. The number of benzene rings is 1. The van der Waals surface area contributed by atoms with E-state index in [1.165, 1.54) is 12.1 Å². The molecular weight excluding hydrogens is 245 g/mol. The first kappa shape index (κ1) is 12.4. The van der Waals surface area contributed by atoms with Crippen molar-refractivity contribution in [1.29, 1.82) is 0 Å². The van der Waals surface area contributed by atoms with Gasteiger partial charge in [0.05, 0.1) is 18.2 Å². The van der Waals surface area contributed by atoms with Crippen LogP contribution in [0.2, 0.25) is 0 Å². The molecule has 0 unspecified atom stereocenters. The van der Waals surface area contributed by atoms with Gasteiger partial charge in [0.1, 0.15) is 5.82 Å². The molecule has 0 atom stereocenters. The summed E-state index contributed by atoms with van der Waals surface area (Å²) in [6.45, 7) is 3.43. The van der Waals surface area contributed by atoms with Crippen LogP contribution in [0.1, 0.15) is 19.8 Å². The van der Waals surface area contributed by atoms with E-state index in [1.54, 1.807) is 12.1 Å². The Balaban J connectivity index is 1.82. The normalized spacial score (nSPS) is 29.5. The fourth-order valence-corrected chi connectivity index (χ4v) is 3.06. The Labute approximate surface area is 112 Å². The van der Waals surface area contributed by atoms with Crippen LogP contribution in [0.3, 0.4) is 0 Å². The summed E-state index contributed by atoms with van der Waals surface area (Å²) in [4.78, 5) is 6.39. The van der Waals surface area contributed by atoms with E-state index in [2.05, 4.69) is 4.99 Å². The van der Waals surface area contributed by atoms with Crippen LogP contribution in [0.4, 0.5) is 10.1 Å². The van der Waals surface area contributed by atoms with E-state index in [4.69, 9.17) is 10.5 Å². The Bertz CT molecular complexity index is 494. The number of rotatable bonds is 3. The van der Waals surface area contributed by atoms with Crippen molar-refractivity contribution in [1.82, 2.24) is 0 Å². The molecule has 2 N–H and O–H groups in total. The second-order valence-corrected chi connectivity index (χ2v) is 5.20. The van der Waals surface area contributed by atoms with Crippen LogP contribution >= 0.6 is 0 Å². The Morgan fingerprint density at radius 2 is 2.11 bits per heavy atom. The van der Waals surface area contributed by atoms with Gasteiger partial charge in [0.2, 0.25) is 0 Å². The number of anilines is 1. The molecule has 1 heterocycles. The van der Waals surface area contributed by atoms with Gasteiger partial charge in [0, 0.05) is 12.3 Å². The van der Waals surface area contributed by atoms with Crippen molar-refractivity contribution in [3.63, 3.8) is 0 Å². The average Bonchev–Trinajstić information content (AvgIpc) is 2.69. The van der Waals surface area contributed by atoms with Gasteiger partial charge >= 0.3 is 0 Å². The first-order valence-electron chi connectivity index (χ1n) is 6.62. The fourth-order valence-electron chi connectivity index (χ4n) is 3.06. The second kappa shape index (κ2) is 4.49. The van der Waals surface area contributed by atoms with Crippen molar-refractivity contribution in [3.05, 3.63) is 30.1 Å². The van der Waals surface area contributed by atoms with E-state index < -0.39 is 0 Å². The van der Waals surface area contributed by atoms with Crippen LogP contribution in [-0.4, -0.2) is 30.8 Å². The SMILES string of the molecule is CCOC1CC2(CN=C(N)N2c2ccc(F)cc2)C1. The lowest BCUT2D eigenvalue weighted by atomic mass is 9.73. The predicted molar refractivity (Wildman–Crippen MR) is 72.7 cm³/mol. The lowest BCUT2D eigenvalue weighted by Crippen LogP contribution is -2.62. The molecule has 0 bridgehead atoms. The zero-order chi connectivity index (χ0) is 13.5. The van der Waals surface area contributed by atoms with Crippen LogP contribution in [0.25, 0.3) is 0 Å². The number of guanidine groups is 1. The van der Waals surface area contributed by atoms with E-state index in [-0.39, 0.29) is 17.5 Å². The number of nitrogens with two attached hydrogens (primary N) is 1. The molecule has 1 aromatic carbocycles. The van der Waals surface area contributed by atoms with Gasteiger partial charge in [-0.25, -0.2) is 4.39 Å². The molecule has 1 fully saturated rings. The second-order valence-electron chi connectivity index (χ2n) is 5.20. The van der Waals surface area contributed by atoms with E-state index in [9.17, 15) is 4.39 Å². The molecule has 4 nitrogen and oxygen atoms in total. The molecular formula is C14H18FN3O. The molecule has 0 amide bonds. The minimum absolute atomic E-state index is 0.0677. The standard InChI is InChI=1S/C14H18FN3O/c1-2-19-12-7-14(8-12)9-17-13(16)18(14)11-5-3-10(15)4-6-11/h3-6,12H,2,7-9H2,1H3,(H2,16,17). The minimum Gasteiger partial charge on any atom is -0.378 e. The molecule has 2 aliphatic rings. The summed E-state index contributed by atoms with van der Waals surface area (Å²) < 4.78 is 18.6. The van der Waals surface area contributed by atoms with Crippen LogP contribution in [0.15, 0.2) is 29.3 Å². The lowest BCUT2D eigenvalue weighted by Gasteiger charge is -2.50. The topological polar surface area (TPSA) is 50.9 Å². The Kier molecular flexibility index (Phi) is 2.93. The molecule has 1 aliphatic heterocycles. The van der Waals surface area contributed by atoms with Crippen LogP contribution in [-0.2, 0) is 4.74 Å².